The summed E-state index contributed by atoms with van der Waals surface area (Å²) in [6.45, 7) is 4.26. The van der Waals surface area contributed by atoms with Gasteiger partial charge in [-0.25, -0.2) is 0 Å². The van der Waals surface area contributed by atoms with Crippen LogP contribution in [-0.4, -0.2) is 15.8 Å². The number of rotatable bonds is 3. The molecule has 4 nitrogen and oxygen atoms in total. The summed E-state index contributed by atoms with van der Waals surface area (Å²) in [5, 5.41) is 4.07. The smallest absolute Gasteiger partial charge is 0.167 e. The summed E-state index contributed by atoms with van der Waals surface area (Å²) in [6.07, 6.45) is 4.88. The van der Waals surface area contributed by atoms with E-state index >= 15 is 0 Å². The molecular weight excluding hydrogens is 346 g/mol. The molecule has 5 heteroatoms. The first-order chi connectivity index (χ1) is 12.4. The number of carbonyl (C=O) groups excluding carboxylic acids is 1. The molecule has 0 aliphatic heterocycles. The van der Waals surface area contributed by atoms with Crippen LogP contribution in [0, 0.1) is 5.41 Å². The van der Waals surface area contributed by atoms with Crippen molar-refractivity contribution in [2.45, 2.75) is 26.7 Å². The zero-order valence-electron chi connectivity index (χ0n) is 14.8. The first-order valence-electron chi connectivity index (χ1n) is 8.64. The van der Waals surface area contributed by atoms with Gasteiger partial charge < -0.3 is 10.3 Å². The van der Waals surface area contributed by atoms with Crippen LogP contribution in [0.1, 0.15) is 36.3 Å². The number of nitrogens with one attached hydrogen (secondary N) is 2. The lowest BCUT2D eigenvalue weighted by Gasteiger charge is -2.28. The second kappa shape index (κ2) is 6.29. The Morgan fingerprint density at radius 3 is 2.65 bits per heavy atom. The van der Waals surface area contributed by atoms with Gasteiger partial charge in [0.1, 0.15) is 0 Å². The summed E-state index contributed by atoms with van der Waals surface area (Å²) in [4.78, 5) is 20.5. The molecule has 1 aliphatic carbocycles. The van der Waals surface area contributed by atoms with E-state index in [2.05, 4.69) is 29.1 Å². The summed E-state index contributed by atoms with van der Waals surface area (Å²) < 4.78 is 0. The largest absolute Gasteiger partial charge is 0.356 e. The number of aromatic nitrogens is 2. The van der Waals surface area contributed by atoms with Crippen molar-refractivity contribution < 1.29 is 4.79 Å². The Morgan fingerprint density at radius 1 is 1.15 bits per heavy atom. The van der Waals surface area contributed by atoms with Crippen LogP contribution in [0.2, 0.25) is 5.02 Å². The van der Waals surface area contributed by atoms with Crippen molar-refractivity contribution in [3.05, 3.63) is 65.1 Å². The van der Waals surface area contributed by atoms with E-state index in [1.165, 1.54) is 0 Å². The van der Waals surface area contributed by atoms with Crippen molar-refractivity contribution in [3.63, 3.8) is 0 Å². The van der Waals surface area contributed by atoms with Crippen LogP contribution >= 0.6 is 11.6 Å². The molecule has 2 heterocycles. The van der Waals surface area contributed by atoms with E-state index < -0.39 is 0 Å². The zero-order valence-corrected chi connectivity index (χ0v) is 15.5. The first-order valence-corrected chi connectivity index (χ1v) is 9.02. The molecule has 0 amide bonds. The SMILES string of the molecule is CC1(C)CC(=O)c2c([nH]c(-c3ccncc3)c2Nc2cccc(Cl)c2)C1. The quantitative estimate of drug-likeness (QED) is 0.632. The van der Waals surface area contributed by atoms with Gasteiger partial charge in [-0.2, -0.15) is 0 Å². The summed E-state index contributed by atoms with van der Waals surface area (Å²) >= 11 is 6.13. The average molecular weight is 366 g/mol. The fraction of sp³-hybridized carbons (Fsp3) is 0.238. The fourth-order valence-electron chi connectivity index (χ4n) is 3.63. The predicted octanol–water partition coefficient (Wildman–Crippen LogP) is 5.63. The van der Waals surface area contributed by atoms with Crippen LogP contribution in [0.4, 0.5) is 11.4 Å². The Kier molecular flexibility index (Phi) is 4.08. The second-order valence-corrected chi connectivity index (χ2v) is 7.98. The van der Waals surface area contributed by atoms with Gasteiger partial charge in [0.25, 0.3) is 0 Å². The molecule has 3 aromatic rings. The maximum absolute atomic E-state index is 12.9. The number of H-pyrrole nitrogens is 1. The van der Waals surface area contributed by atoms with Gasteiger partial charge in [-0.05, 0) is 42.2 Å². The third-order valence-electron chi connectivity index (χ3n) is 4.71. The topological polar surface area (TPSA) is 57.8 Å². The molecule has 0 radical (unpaired) electrons. The minimum Gasteiger partial charge on any atom is -0.356 e. The van der Waals surface area contributed by atoms with E-state index in [4.69, 9.17) is 11.6 Å². The molecular formula is C21H20ClN3O. The van der Waals surface area contributed by atoms with Crippen LogP contribution in [0.25, 0.3) is 11.3 Å². The van der Waals surface area contributed by atoms with E-state index in [1.807, 2.05) is 36.4 Å². The molecule has 0 atom stereocenters. The van der Waals surface area contributed by atoms with Gasteiger partial charge in [0.05, 0.1) is 16.9 Å². The third-order valence-corrected chi connectivity index (χ3v) is 4.95. The molecule has 0 bridgehead atoms. The van der Waals surface area contributed by atoms with Crippen molar-refractivity contribution in [2.75, 3.05) is 5.32 Å². The molecule has 26 heavy (non-hydrogen) atoms. The molecule has 132 valence electrons. The van der Waals surface area contributed by atoms with Gasteiger partial charge in [0.15, 0.2) is 5.78 Å². The monoisotopic (exact) mass is 365 g/mol. The molecule has 0 fully saturated rings. The van der Waals surface area contributed by atoms with E-state index in [9.17, 15) is 4.79 Å². The number of anilines is 2. The molecule has 1 aliphatic rings. The second-order valence-electron chi connectivity index (χ2n) is 7.54. The lowest BCUT2D eigenvalue weighted by atomic mass is 9.76. The normalized spacial score (nSPS) is 15.6. The van der Waals surface area contributed by atoms with Crippen molar-refractivity contribution in [1.29, 1.82) is 0 Å². The number of Topliss-reactive ketones (excluding diaryl/α,β-unsaturated/α-hetero) is 1. The Labute approximate surface area is 157 Å². The van der Waals surface area contributed by atoms with Crippen LogP contribution in [-0.2, 0) is 6.42 Å². The number of nitrogens with zero attached hydrogens (tertiary/aromatic N) is 1. The zero-order chi connectivity index (χ0) is 18.3. The summed E-state index contributed by atoms with van der Waals surface area (Å²) in [5.41, 5.74) is 5.27. The van der Waals surface area contributed by atoms with Crippen LogP contribution in [0.5, 0.6) is 0 Å². The average Bonchev–Trinajstić information content (AvgIpc) is 2.93. The maximum atomic E-state index is 12.9. The number of pyridine rings is 1. The van der Waals surface area contributed by atoms with E-state index in [1.54, 1.807) is 12.4 Å². The molecule has 0 saturated carbocycles. The fourth-order valence-corrected chi connectivity index (χ4v) is 3.82. The summed E-state index contributed by atoms with van der Waals surface area (Å²) in [5.74, 6) is 0.164. The van der Waals surface area contributed by atoms with Gasteiger partial charge in [-0.1, -0.05) is 31.5 Å². The third kappa shape index (κ3) is 3.13. The molecule has 0 spiro atoms. The van der Waals surface area contributed by atoms with Crippen LogP contribution in [0.3, 0.4) is 0 Å². The highest BCUT2D eigenvalue weighted by Crippen LogP contribution is 2.43. The number of benzene rings is 1. The number of hydrogen-bond acceptors (Lipinski definition) is 3. The number of carbonyl (C=O) groups is 1. The van der Waals surface area contributed by atoms with Crippen LogP contribution < -0.4 is 5.32 Å². The lowest BCUT2D eigenvalue weighted by Crippen LogP contribution is -2.26. The lowest BCUT2D eigenvalue weighted by molar-refractivity contribution is 0.0912. The highest BCUT2D eigenvalue weighted by molar-refractivity contribution is 6.30. The van der Waals surface area contributed by atoms with Crippen molar-refractivity contribution in [2.24, 2.45) is 5.41 Å². The molecule has 0 unspecified atom stereocenters. The molecule has 4 rings (SSSR count). The van der Waals surface area contributed by atoms with E-state index in [0.29, 0.717) is 11.4 Å². The Bertz CT molecular complexity index is 976. The van der Waals surface area contributed by atoms with Crippen molar-refractivity contribution in [3.8, 4) is 11.3 Å². The predicted molar refractivity (Wildman–Crippen MR) is 105 cm³/mol. The Morgan fingerprint density at radius 2 is 1.92 bits per heavy atom. The highest BCUT2D eigenvalue weighted by Gasteiger charge is 2.35. The van der Waals surface area contributed by atoms with Gasteiger partial charge >= 0.3 is 0 Å². The van der Waals surface area contributed by atoms with Gasteiger partial charge in [0.2, 0.25) is 0 Å². The highest BCUT2D eigenvalue weighted by atomic mass is 35.5. The standard InChI is InChI=1S/C21H20ClN3O/c1-21(2)11-16-18(17(26)12-21)20(24-15-5-3-4-14(22)10-15)19(25-16)13-6-8-23-9-7-13/h3-10,24-25H,11-12H2,1-2H3. The minimum absolute atomic E-state index is 0.0439. The van der Waals surface area contributed by atoms with Crippen molar-refractivity contribution in [1.82, 2.24) is 9.97 Å². The summed E-state index contributed by atoms with van der Waals surface area (Å²) in [7, 11) is 0. The van der Waals surface area contributed by atoms with Gasteiger partial charge in [-0.15, -0.1) is 0 Å². The maximum Gasteiger partial charge on any atom is 0.167 e. The number of hydrogen-bond donors (Lipinski definition) is 2. The first kappa shape index (κ1) is 16.9. The van der Waals surface area contributed by atoms with E-state index in [0.717, 1.165) is 40.3 Å². The van der Waals surface area contributed by atoms with Gasteiger partial charge in [-0.3, -0.25) is 9.78 Å². The molecule has 0 saturated heterocycles. The number of fused-ring (bicyclic) bond motifs is 1. The molecule has 2 N–H and O–H groups in total. The molecule has 1 aromatic carbocycles. The Hall–Kier alpha value is -2.59. The summed E-state index contributed by atoms with van der Waals surface area (Å²) in [6, 6.07) is 11.4. The minimum atomic E-state index is -0.0439. The number of halogens is 1. The Balaban J connectivity index is 1.88. The van der Waals surface area contributed by atoms with E-state index in [-0.39, 0.29) is 11.2 Å². The van der Waals surface area contributed by atoms with Gasteiger partial charge in [0, 0.05) is 40.8 Å². The number of aromatic amines is 1. The van der Waals surface area contributed by atoms with Crippen molar-refractivity contribution >= 4 is 28.8 Å². The molecule has 2 aromatic heterocycles. The number of ketones is 1. The van der Waals surface area contributed by atoms with Crippen LogP contribution in [0.15, 0.2) is 48.8 Å².